The van der Waals surface area contributed by atoms with E-state index in [4.69, 9.17) is 16.1 Å². The van der Waals surface area contributed by atoms with E-state index in [0.717, 1.165) is 0 Å². The summed E-state index contributed by atoms with van der Waals surface area (Å²) < 4.78 is 0. The van der Waals surface area contributed by atoms with Crippen LogP contribution in [0.15, 0.2) is 27.9 Å². The zero-order valence-electron chi connectivity index (χ0n) is 9.39. The van der Waals surface area contributed by atoms with Crippen LogP contribution in [0.25, 0.3) is 0 Å². The molecule has 1 amide bonds. The van der Waals surface area contributed by atoms with Gasteiger partial charge in [-0.3, -0.25) is 14.6 Å². The molecule has 0 fully saturated rings. The summed E-state index contributed by atoms with van der Waals surface area (Å²) in [6.07, 6.45) is 1.60. The van der Waals surface area contributed by atoms with Gasteiger partial charge < -0.3 is 10.8 Å². The number of nitrogens with two attached hydrogens (primary N) is 1. The summed E-state index contributed by atoms with van der Waals surface area (Å²) in [4.78, 5) is 26.1. The van der Waals surface area contributed by atoms with Crippen LogP contribution in [0.3, 0.4) is 0 Å². The number of nitriles is 1. The Morgan fingerprint density at radius 2 is 2.12 bits per heavy atom. The lowest BCUT2D eigenvalue weighted by atomic mass is 9.90. The molecule has 88 valence electrons. The highest BCUT2D eigenvalue weighted by atomic mass is 16.4. The topological polar surface area (TPSA) is 117 Å². The fourth-order valence-corrected chi connectivity index (χ4v) is 1.67. The normalized spacial score (nSPS) is 22.1. The Bertz CT molecular complexity index is 521. The number of nitrogens with zero attached hydrogens (tertiary/aromatic N) is 2. The van der Waals surface area contributed by atoms with Crippen molar-refractivity contribution in [3.63, 3.8) is 0 Å². The van der Waals surface area contributed by atoms with Crippen molar-refractivity contribution < 1.29 is 14.7 Å². The van der Waals surface area contributed by atoms with Gasteiger partial charge in [0.2, 0.25) is 0 Å². The number of hydrogen-bond donors (Lipinski definition) is 2. The van der Waals surface area contributed by atoms with Crippen molar-refractivity contribution in [2.24, 2.45) is 16.6 Å². The largest absolute Gasteiger partial charge is 0.480 e. The van der Waals surface area contributed by atoms with E-state index in [0.29, 0.717) is 11.3 Å². The Morgan fingerprint density at radius 3 is 2.53 bits per heavy atom. The van der Waals surface area contributed by atoms with Crippen molar-refractivity contribution in [1.29, 1.82) is 5.26 Å². The number of amides is 1. The molecule has 0 bridgehead atoms. The van der Waals surface area contributed by atoms with E-state index >= 15 is 0 Å². The van der Waals surface area contributed by atoms with Crippen LogP contribution in [-0.4, -0.2) is 22.7 Å². The molecule has 0 saturated carbocycles. The molecule has 0 aromatic carbocycles. The maximum atomic E-state index is 11.1. The molecule has 1 heterocycles. The van der Waals surface area contributed by atoms with E-state index < -0.39 is 23.4 Å². The van der Waals surface area contributed by atoms with Gasteiger partial charge in [0.15, 0.2) is 0 Å². The molecule has 6 nitrogen and oxygen atoms in total. The van der Waals surface area contributed by atoms with Gasteiger partial charge in [0.05, 0.1) is 5.70 Å². The summed E-state index contributed by atoms with van der Waals surface area (Å²) in [5.74, 6) is -3.24. The first-order chi connectivity index (χ1) is 7.88. The molecule has 17 heavy (non-hydrogen) atoms. The second-order valence-corrected chi connectivity index (χ2v) is 3.65. The number of dihydropyridines is 1. The van der Waals surface area contributed by atoms with Gasteiger partial charge in [-0.15, -0.1) is 0 Å². The maximum absolute atomic E-state index is 11.1. The Morgan fingerprint density at radius 1 is 1.53 bits per heavy atom. The van der Waals surface area contributed by atoms with Gasteiger partial charge in [-0.1, -0.05) is 5.57 Å². The molecule has 1 atom stereocenters. The lowest BCUT2D eigenvalue weighted by Gasteiger charge is -2.19. The van der Waals surface area contributed by atoms with E-state index in [1.165, 1.54) is 0 Å². The van der Waals surface area contributed by atoms with Crippen LogP contribution < -0.4 is 5.73 Å². The first-order valence-electron chi connectivity index (χ1n) is 4.78. The second-order valence-electron chi connectivity index (χ2n) is 3.65. The second kappa shape index (κ2) is 4.61. The van der Waals surface area contributed by atoms with Crippen LogP contribution in [0.1, 0.15) is 13.8 Å². The Hall–Kier alpha value is -2.42. The summed E-state index contributed by atoms with van der Waals surface area (Å²) in [6, 6.07) is 1.60. The van der Waals surface area contributed by atoms with E-state index in [9.17, 15) is 9.59 Å². The van der Waals surface area contributed by atoms with Crippen molar-refractivity contribution in [1.82, 2.24) is 0 Å². The first-order valence-corrected chi connectivity index (χ1v) is 4.78. The average Bonchev–Trinajstić information content (AvgIpc) is 2.15. The van der Waals surface area contributed by atoms with Gasteiger partial charge in [-0.25, -0.2) is 0 Å². The van der Waals surface area contributed by atoms with Gasteiger partial charge in [0.25, 0.3) is 5.91 Å². The smallest absolute Gasteiger partial charge is 0.316 e. The zero-order valence-corrected chi connectivity index (χ0v) is 9.39. The molecule has 0 spiro atoms. The molecule has 0 radical (unpaired) electrons. The van der Waals surface area contributed by atoms with E-state index in [-0.39, 0.29) is 5.70 Å². The van der Waals surface area contributed by atoms with Gasteiger partial charge in [-0.2, -0.15) is 5.26 Å². The molecule has 1 aliphatic heterocycles. The van der Waals surface area contributed by atoms with Gasteiger partial charge in [0.1, 0.15) is 17.6 Å². The summed E-state index contributed by atoms with van der Waals surface area (Å²) in [5.41, 5.74) is 5.56. The molecule has 1 unspecified atom stereocenters. The highest BCUT2D eigenvalue weighted by Crippen LogP contribution is 2.28. The van der Waals surface area contributed by atoms with Crippen LogP contribution in [-0.2, 0) is 9.59 Å². The lowest BCUT2D eigenvalue weighted by Crippen LogP contribution is -2.25. The molecule has 3 N–H and O–H groups in total. The summed E-state index contributed by atoms with van der Waals surface area (Å²) >= 11 is 0. The van der Waals surface area contributed by atoms with Crippen molar-refractivity contribution in [2.75, 3.05) is 0 Å². The van der Waals surface area contributed by atoms with Crippen LogP contribution in [0.2, 0.25) is 0 Å². The van der Waals surface area contributed by atoms with Crippen LogP contribution >= 0.6 is 0 Å². The number of carboxylic acid groups (broad SMARTS) is 1. The molecular weight excluding hydrogens is 222 g/mol. The van der Waals surface area contributed by atoms with Crippen LogP contribution in [0.5, 0.6) is 0 Å². The fraction of sp³-hybridized carbons (Fsp3) is 0.273. The SMILES string of the molecule is CC1=CC(C)=N/C(=C(/C#N)C(N)=O)C1C(=O)O. The third kappa shape index (κ3) is 2.39. The Balaban J connectivity index is 3.50. The molecule has 0 aromatic heterocycles. The Labute approximate surface area is 97.7 Å². The monoisotopic (exact) mass is 233 g/mol. The minimum absolute atomic E-state index is 0.0926. The molecule has 0 aromatic rings. The lowest BCUT2D eigenvalue weighted by molar-refractivity contribution is -0.139. The predicted octanol–water partition coefficient (Wildman–Crippen LogP) is 0.371. The van der Waals surface area contributed by atoms with E-state index in [2.05, 4.69) is 4.99 Å². The van der Waals surface area contributed by atoms with Crippen LogP contribution in [0.4, 0.5) is 0 Å². The Kier molecular flexibility index (Phi) is 3.43. The van der Waals surface area contributed by atoms with Crippen molar-refractivity contribution in [3.05, 3.63) is 22.9 Å². The standard InChI is InChI=1S/C11H11N3O3/c1-5-3-6(2)14-9(8(5)11(16)17)7(4-12)10(13)15/h3,8H,1-2H3,(H2,13,15)(H,16,17)/b9-7-. The average molecular weight is 233 g/mol. The van der Waals surface area contributed by atoms with Crippen LogP contribution in [0, 0.1) is 17.2 Å². The summed E-state index contributed by atoms with van der Waals surface area (Å²) in [6.45, 7) is 3.25. The third-order valence-corrected chi connectivity index (χ3v) is 2.32. The minimum atomic E-state index is -1.17. The van der Waals surface area contributed by atoms with Crippen molar-refractivity contribution in [3.8, 4) is 6.07 Å². The molecule has 1 aliphatic rings. The van der Waals surface area contributed by atoms with Gasteiger partial charge in [0, 0.05) is 5.71 Å². The number of carbonyl (C=O) groups excluding carboxylic acids is 1. The summed E-state index contributed by atoms with van der Waals surface area (Å²) in [7, 11) is 0. The minimum Gasteiger partial charge on any atom is -0.480 e. The van der Waals surface area contributed by atoms with E-state index in [1.807, 2.05) is 0 Å². The highest BCUT2D eigenvalue weighted by Gasteiger charge is 2.31. The third-order valence-electron chi connectivity index (χ3n) is 2.32. The van der Waals surface area contributed by atoms with Gasteiger partial charge in [-0.05, 0) is 19.9 Å². The van der Waals surface area contributed by atoms with Gasteiger partial charge >= 0.3 is 5.97 Å². The quantitative estimate of drug-likeness (QED) is 0.529. The molecule has 0 saturated heterocycles. The number of carbonyl (C=O) groups is 2. The molecule has 0 aliphatic carbocycles. The zero-order chi connectivity index (χ0) is 13.2. The molecular formula is C11H11N3O3. The van der Waals surface area contributed by atoms with Crippen molar-refractivity contribution in [2.45, 2.75) is 13.8 Å². The number of allylic oxidation sites excluding steroid dienone is 1. The number of aliphatic imine (C=N–C) groups is 1. The predicted molar refractivity (Wildman–Crippen MR) is 59.8 cm³/mol. The maximum Gasteiger partial charge on any atom is 0.316 e. The van der Waals surface area contributed by atoms with Crippen molar-refractivity contribution >= 4 is 17.6 Å². The highest BCUT2D eigenvalue weighted by molar-refractivity contribution is 6.02. The first kappa shape index (κ1) is 12.6. The number of rotatable bonds is 2. The number of hydrogen-bond acceptors (Lipinski definition) is 4. The molecule has 6 heteroatoms. The summed E-state index contributed by atoms with van der Waals surface area (Å²) in [5, 5.41) is 17.9. The number of aliphatic carboxylic acids is 1. The number of carboxylic acids is 1. The van der Waals surface area contributed by atoms with E-state index in [1.54, 1.807) is 26.0 Å². The molecule has 1 rings (SSSR count). The number of primary amides is 1. The fourth-order valence-electron chi connectivity index (χ4n) is 1.67.